The van der Waals surface area contributed by atoms with Crippen molar-refractivity contribution in [1.29, 1.82) is 0 Å². The van der Waals surface area contributed by atoms with E-state index < -0.39 is 6.04 Å². The van der Waals surface area contributed by atoms with Gasteiger partial charge < -0.3 is 14.8 Å². The van der Waals surface area contributed by atoms with E-state index in [9.17, 15) is 14.0 Å². The van der Waals surface area contributed by atoms with Crippen LogP contribution in [0.25, 0.3) is 0 Å². The molecule has 148 valence electrons. The summed E-state index contributed by atoms with van der Waals surface area (Å²) in [4.78, 5) is 25.8. The maximum atomic E-state index is 13.1. The highest BCUT2D eigenvalue weighted by Crippen LogP contribution is 2.34. The number of piperidine rings is 1. The van der Waals surface area contributed by atoms with Crippen LogP contribution in [0.2, 0.25) is 0 Å². The van der Waals surface area contributed by atoms with Crippen molar-refractivity contribution in [2.45, 2.75) is 25.3 Å². The van der Waals surface area contributed by atoms with Crippen LogP contribution in [0.3, 0.4) is 0 Å². The molecular formula is C22H24FNO4. The lowest BCUT2D eigenvalue weighted by Crippen LogP contribution is -2.45. The standard InChI is InChI=1S/C22H24FNO4/c1-27-20-5-3-4-17(22(20)28-2)21(26)15-10-11-24-18(13-15)19(25)12-14-6-8-16(23)9-7-14/h3-9,15,18,24H,10-13H2,1-2H3. The van der Waals surface area contributed by atoms with Gasteiger partial charge in [-0.2, -0.15) is 0 Å². The summed E-state index contributed by atoms with van der Waals surface area (Å²) in [5, 5.41) is 3.21. The SMILES string of the molecule is COc1cccc(C(=O)C2CCNC(C(=O)Cc3ccc(F)cc3)C2)c1OC. The predicted octanol–water partition coefficient (Wildman–Crippen LogP) is 3.21. The summed E-state index contributed by atoms with van der Waals surface area (Å²) in [5.74, 6) is 0.279. The molecule has 1 aliphatic rings. The molecule has 1 aliphatic heterocycles. The topological polar surface area (TPSA) is 64.6 Å². The number of Topliss-reactive ketones (excluding diaryl/α,β-unsaturated/α-hetero) is 2. The second kappa shape index (κ2) is 8.97. The lowest BCUT2D eigenvalue weighted by molar-refractivity contribution is -0.121. The van der Waals surface area contributed by atoms with Gasteiger partial charge in [0.05, 0.1) is 25.8 Å². The van der Waals surface area contributed by atoms with Crippen molar-refractivity contribution in [3.05, 3.63) is 59.4 Å². The van der Waals surface area contributed by atoms with E-state index in [0.29, 0.717) is 36.4 Å². The molecule has 6 heteroatoms. The number of halogens is 1. The highest BCUT2D eigenvalue weighted by atomic mass is 19.1. The fourth-order valence-corrected chi connectivity index (χ4v) is 3.63. The first kappa shape index (κ1) is 20.0. The van der Waals surface area contributed by atoms with Gasteiger partial charge in [0.2, 0.25) is 0 Å². The second-order valence-electron chi connectivity index (χ2n) is 6.90. The number of rotatable bonds is 7. The van der Waals surface area contributed by atoms with Gasteiger partial charge in [0, 0.05) is 12.3 Å². The first-order valence-corrected chi connectivity index (χ1v) is 9.29. The van der Waals surface area contributed by atoms with E-state index in [-0.39, 0.29) is 29.7 Å². The van der Waals surface area contributed by atoms with Crippen LogP contribution in [0, 0.1) is 11.7 Å². The van der Waals surface area contributed by atoms with Crippen molar-refractivity contribution in [3.8, 4) is 11.5 Å². The van der Waals surface area contributed by atoms with Crippen molar-refractivity contribution in [2.24, 2.45) is 5.92 Å². The molecule has 1 fully saturated rings. The minimum absolute atomic E-state index is 0.00159. The number of methoxy groups -OCH3 is 2. The largest absolute Gasteiger partial charge is 0.493 e. The highest BCUT2D eigenvalue weighted by Gasteiger charge is 2.32. The number of carbonyl (C=O) groups is 2. The van der Waals surface area contributed by atoms with Crippen molar-refractivity contribution in [3.63, 3.8) is 0 Å². The summed E-state index contributed by atoms with van der Waals surface area (Å²) < 4.78 is 23.7. The van der Waals surface area contributed by atoms with Gasteiger partial charge in [-0.1, -0.05) is 18.2 Å². The van der Waals surface area contributed by atoms with Gasteiger partial charge in [0.1, 0.15) is 5.82 Å². The maximum Gasteiger partial charge on any atom is 0.171 e. The number of ketones is 2. The molecule has 2 aromatic rings. The zero-order chi connectivity index (χ0) is 20.1. The van der Waals surface area contributed by atoms with E-state index in [0.717, 1.165) is 5.56 Å². The molecule has 2 atom stereocenters. The van der Waals surface area contributed by atoms with Gasteiger partial charge in [-0.25, -0.2) is 4.39 Å². The Kier molecular flexibility index (Phi) is 6.41. The predicted molar refractivity (Wildman–Crippen MR) is 104 cm³/mol. The Balaban J connectivity index is 1.71. The Bertz CT molecular complexity index is 850. The maximum absolute atomic E-state index is 13.1. The molecule has 3 rings (SSSR count). The van der Waals surface area contributed by atoms with Crippen molar-refractivity contribution in [2.75, 3.05) is 20.8 Å². The Morgan fingerprint density at radius 2 is 1.86 bits per heavy atom. The van der Waals surface area contributed by atoms with Gasteiger partial charge in [0.25, 0.3) is 0 Å². The minimum Gasteiger partial charge on any atom is -0.493 e. The molecule has 0 saturated carbocycles. The Morgan fingerprint density at radius 1 is 1.11 bits per heavy atom. The summed E-state index contributed by atoms with van der Waals surface area (Å²) in [5.41, 5.74) is 1.23. The van der Waals surface area contributed by atoms with Crippen LogP contribution < -0.4 is 14.8 Å². The third-order valence-electron chi connectivity index (χ3n) is 5.12. The molecule has 28 heavy (non-hydrogen) atoms. The first-order valence-electron chi connectivity index (χ1n) is 9.29. The molecule has 2 aromatic carbocycles. The monoisotopic (exact) mass is 385 g/mol. The number of carbonyl (C=O) groups excluding carboxylic acids is 2. The summed E-state index contributed by atoms with van der Waals surface area (Å²) in [6.45, 7) is 0.586. The number of benzene rings is 2. The van der Waals surface area contributed by atoms with Crippen molar-refractivity contribution < 1.29 is 23.5 Å². The molecule has 2 unspecified atom stereocenters. The number of nitrogens with one attached hydrogen (secondary N) is 1. The van der Waals surface area contributed by atoms with Crippen molar-refractivity contribution >= 4 is 11.6 Å². The average Bonchev–Trinajstić information content (AvgIpc) is 2.74. The molecule has 1 heterocycles. The van der Waals surface area contributed by atoms with E-state index in [1.165, 1.54) is 26.4 Å². The Labute approximate surface area is 163 Å². The number of hydrogen-bond donors (Lipinski definition) is 1. The molecule has 1 N–H and O–H groups in total. The summed E-state index contributed by atoms with van der Waals surface area (Å²) in [6, 6.07) is 10.7. The second-order valence-corrected chi connectivity index (χ2v) is 6.90. The van der Waals surface area contributed by atoms with Gasteiger partial charge in [-0.3, -0.25) is 9.59 Å². The number of para-hydroxylation sites is 1. The minimum atomic E-state index is -0.399. The van der Waals surface area contributed by atoms with Crippen LogP contribution in [-0.4, -0.2) is 38.4 Å². The van der Waals surface area contributed by atoms with E-state index in [1.807, 2.05) is 0 Å². The number of hydrogen-bond acceptors (Lipinski definition) is 5. The van der Waals surface area contributed by atoms with Gasteiger partial charge in [0.15, 0.2) is 23.1 Å². The fourth-order valence-electron chi connectivity index (χ4n) is 3.63. The molecular weight excluding hydrogens is 361 g/mol. The third-order valence-corrected chi connectivity index (χ3v) is 5.12. The zero-order valence-corrected chi connectivity index (χ0v) is 16.0. The Morgan fingerprint density at radius 3 is 2.54 bits per heavy atom. The normalized spacial score (nSPS) is 19.1. The molecule has 0 aliphatic carbocycles. The van der Waals surface area contributed by atoms with Crippen LogP contribution in [0.5, 0.6) is 11.5 Å². The van der Waals surface area contributed by atoms with E-state index in [1.54, 1.807) is 30.3 Å². The quantitative estimate of drug-likeness (QED) is 0.742. The van der Waals surface area contributed by atoms with Crippen LogP contribution in [0.4, 0.5) is 4.39 Å². The summed E-state index contributed by atoms with van der Waals surface area (Å²) in [6.07, 6.45) is 1.29. The van der Waals surface area contributed by atoms with Gasteiger partial charge in [-0.05, 0) is 49.2 Å². The highest BCUT2D eigenvalue weighted by molar-refractivity contribution is 6.01. The van der Waals surface area contributed by atoms with Crippen molar-refractivity contribution in [1.82, 2.24) is 5.32 Å². The average molecular weight is 385 g/mol. The molecule has 5 nitrogen and oxygen atoms in total. The summed E-state index contributed by atoms with van der Waals surface area (Å²) in [7, 11) is 3.03. The smallest absolute Gasteiger partial charge is 0.171 e. The van der Waals surface area contributed by atoms with Gasteiger partial charge >= 0.3 is 0 Å². The van der Waals surface area contributed by atoms with Crippen LogP contribution in [-0.2, 0) is 11.2 Å². The van der Waals surface area contributed by atoms with E-state index in [4.69, 9.17) is 9.47 Å². The Hall–Kier alpha value is -2.73. The molecule has 1 saturated heterocycles. The molecule has 0 spiro atoms. The fraction of sp³-hybridized carbons (Fsp3) is 0.364. The lowest BCUT2D eigenvalue weighted by atomic mass is 9.83. The van der Waals surface area contributed by atoms with Crippen LogP contribution >= 0.6 is 0 Å². The van der Waals surface area contributed by atoms with Gasteiger partial charge in [-0.15, -0.1) is 0 Å². The van der Waals surface area contributed by atoms with E-state index in [2.05, 4.69) is 5.32 Å². The van der Waals surface area contributed by atoms with Crippen LogP contribution in [0.1, 0.15) is 28.8 Å². The van der Waals surface area contributed by atoms with E-state index >= 15 is 0 Å². The molecule has 0 bridgehead atoms. The lowest BCUT2D eigenvalue weighted by Gasteiger charge is -2.29. The summed E-state index contributed by atoms with van der Waals surface area (Å²) >= 11 is 0. The third kappa shape index (κ3) is 4.39. The molecule has 0 amide bonds. The molecule has 0 radical (unpaired) electrons. The molecule has 0 aromatic heterocycles. The first-order chi connectivity index (χ1) is 13.5. The number of ether oxygens (including phenoxy) is 2. The van der Waals surface area contributed by atoms with Crippen LogP contribution in [0.15, 0.2) is 42.5 Å². The zero-order valence-electron chi connectivity index (χ0n) is 16.0.